The lowest BCUT2D eigenvalue weighted by Crippen LogP contribution is -2.42. The Bertz CT molecular complexity index is 4050. The number of rotatable bonds is 30. The number of carbonyl (C=O) groups excluding carboxylic acids is 6. The Morgan fingerprint density at radius 1 is 0.365 bits per heavy atom. The molecule has 2 aliphatic rings. The van der Waals surface area contributed by atoms with Gasteiger partial charge in [0.15, 0.2) is 0 Å². The van der Waals surface area contributed by atoms with Crippen LogP contribution in [-0.4, -0.2) is 61.9 Å². The minimum Gasteiger partial charge on any atom is -0.457 e. The quantitative estimate of drug-likeness (QED) is 0.0149. The fourth-order valence-corrected chi connectivity index (χ4v) is 14.2. The fraction of sp³-hybridized carbons (Fsp3) is 0.390. The van der Waals surface area contributed by atoms with Crippen LogP contribution in [0.15, 0.2) is 121 Å². The van der Waals surface area contributed by atoms with Crippen LogP contribution in [0, 0.1) is 0 Å². The van der Waals surface area contributed by atoms with Crippen molar-refractivity contribution in [2.24, 2.45) is 0 Å². The Morgan fingerprint density at radius 3 is 1.03 bits per heavy atom. The summed E-state index contributed by atoms with van der Waals surface area (Å²) in [6.45, 7) is 23.0. The highest BCUT2D eigenvalue weighted by Gasteiger charge is 2.42. The van der Waals surface area contributed by atoms with Crippen LogP contribution in [-0.2, 0) is 12.8 Å². The number of amides is 8. The van der Waals surface area contributed by atoms with Crippen molar-refractivity contribution in [3.05, 3.63) is 177 Å². The zero-order valence-corrected chi connectivity index (χ0v) is 57.7. The van der Waals surface area contributed by atoms with Crippen molar-refractivity contribution in [3.63, 3.8) is 0 Å². The lowest BCUT2D eigenvalue weighted by atomic mass is 9.80. The third-order valence-corrected chi connectivity index (χ3v) is 19.2. The molecule has 2 heterocycles. The number of ether oxygens (including phenoxy) is 2. The van der Waals surface area contributed by atoms with Crippen molar-refractivity contribution in [1.29, 1.82) is 0 Å². The second kappa shape index (κ2) is 30.2. The molecule has 0 unspecified atom stereocenters. The number of fused-ring (bicyclic) bond motifs is 2. The van der Waals surface area contributed by atoms with E-state index in [0.717, 1.165) is 59.1 Å². The third-order valence-electron chi connectivity index (χ3n) is 19.2. The van der Waals surface area contributed by atoms with Gasteiger partial charge in [-0.3, -0.25) is 19.2 Å². The normalized spacial score (nSPS) is 13.1. The first kappa shape index (κ1) is 68.1. The number of imide groups is 2. The number of unbranched alkanes of at least 4 members (excludes halogenated alkanes) is 10. The maximum absolute atomic E-state index is 15.9. The van der Waals surface area contributed by atoms with E-state index in [4.69, 9.17) is 9.47 Å². The van der Waals surface area contributed by atoms with Crippen molar-refractivity contribution >= 4 is 90.2 Å². The molecule has 96 heavy (non-hydrogen) atoms. The van der Waals surface area contributed by atoms with Crippen LogP contribution in [0.3, 0.4) is 0 Å². The molecule has 0 fully saturated rings. The second-order valence-electron chi connectivity index (χ2n) is 27.4. The number of para-hydroxylation sites is 2. The zero-order chi connectivity index (χ0) is 67.9. The third kappa shape index (κ3) is 13.9. The summed E-state index contributed by atoms with van der Waals surface area (Å²) in [5.41, 5.74) is 7.79. The van der Waals surface area contributed by atoms with Crippen molar-refractivity contribution < 1.29 is 38.2 Å². The number of hydrogen-bond acceptors (Lipinski definition) is 8. The van der Waals surface area contributed by atoms with E-state index in [-0.39, 0.29) is 46.9 Å². The fourth-order valence-electron chi connectivity index (χ4n) is 14.2. The van der Waals surface area contributed by atoms with E-state index in [1.54, 1.807) is 24.3 Å². The summed E-state index contributed by atoms with van der Waals surface area (Å²) < 4.78 is 14.3. The average molecular weight is 1290 g/mol. The Kier molecular flexibility index (Phi) is 21.4. The van der Waals surface area contributed by atoms with Crippen LogP contribution in [0.5, 0.6) is 23.0 Å². The van der Waals surface area contributed by atoms with Gasteiger partial charge in [0, 0.05) is 69.6 Å². The Labute approximate surface area is 565 Å². The van der Waals surface area contributed by atoms with Gasteiger partial charge in [0.25, 0.3) is 23.6 Å². The van der Waals surface area contributed by atoms with E-state index in [1.807, 2.05) is 97.1 Å². The van der Waals surface area contributed by atoms with Crippen LogP contribution in [0.1, 0.15) is 245 Å². The molecule has 0 aliphatic carbocycles. The molecule has 0 atom stereocenters. The molecule has 0 spiro atoms. The minimum absolute atomic E-state index is 0.0309. The van der Waals surface area contributed by atoms with E-state index >= 15 is 19.2 Å². The van der Waals surface area contributed by atoms with Gasteiger partial charge in [-0.05, 0) is 142 Å². The average Bonchev–Trinajstić information content (AvgIpc) is 0.681. The molecule has 4 N–H and O–H groups in total. The maximum atomic E-state index is 15.9. The molecular formula is C82H94N6O8. The van der Waals surface area contributed by atoms with Gasteiger partial charge < -0.3 is 30.7 Å². The lowest BCUT2D eigenvalue weighted by molar-refractivity contribution is 0.0877. The van der Waals surface area contributed by atoms with Crippen LogP contribution in [0.25, 0.3) is 43.1 Å². The van der Waals surface area contributed by atoms with Gasteiger partial charge in [0.2, 0.25) is 0 Å². The van der Waals surface area contributed by atoms with Gasteiger partial charge in [-0.2, -0.15) is 0 Å². The molecule has 0 radical (unpaired) electrons. The highest BCUT2D eigenvalue weighted by molar-refractivity contribution is 6.47. The molecule has 11 rings (SSSR count). The Balaban J connectivity index is 1.04. The first-order valence-corrected chi connectivity index (χ1v) is 35.3. The van der Waals surface area contributed by atoms with Crippen LogP contribution >= 0.6 is 0 Å². The predicted octanol–water partition coefficient (Wildman–Crippen LogP) is 19.8. The number of nitrogens with zero attached hydrogens (tertiary/aromatic N) is 2. The van der Waals surface area contributed by atoms with Crippen LogP contribution in [0.2, 0.25) is 0 Å². The molecule has 0 aromatic heterocycles. The topological polar surface area (TPSA) is 175 Å². The van der Waals surface area contributed by atoms with Crippen molar-refractivity contribution in [1.82, 2.24) is 21.3 Å². The number of benzene rings is 9. The molecule has 2 aliphatic heterocycles. The highest BCUT2D eigenvalue weighted by atomic mass is 16.5. The number of carbonyl (C=O) groups is 6. The highest BCUT2D eigenvalue weighted by Crippen LogP contribution is 2.54. The molecule has 8 amide bonds. The zero-order valence-electron chi connectivity index (χ0n) is 57.7. The SMILES string of the molecule is CCCCCCCCNC(=O)NCCc1ccc(Oc2cc3c4c(ccc5c6c(Oc7ccc(CCNC(=O)NCCCCCCCC)cc7)cc7c8c(ccc(c2c45)c86)C(=O)N(c2c(C(C)C)cccc2C(C)C)C7=O)C(=O)N(c2c(C(C)C)cccc2C(C)C)C3=O)cc1. The van der Waals surface area contributed by atoms with Gasteiger partial charge in [0.1, 0.15) is 23.0 Å². The van der Waals surface area contributed by atoms with Gasteiger partial charge >= 0.3 is 12.1 Å². The van der Waals surface area contributed by atoms with Crippen molar-refractivity contribution in [2.45, 2.75) is 183 Å². The van der Waals surface area contributed by atoms with Gasteiger partial charge in [-0.1, -0.05) is 206 Å². The number of urea groups is 2. The molecule has 14 heteroatoms. The van der Waals surface area contributed by atoms with Crippen LogP contribution < -0.4 is 40.5 Å². The minimum atomic E-state index is -0.495. The molecular weight excluding hydrogens is 1200 g/mol. The summed E-state index contributed by atoms with van der Waals surface area (Å²) in [6, 6.07) is 37.8. The first-order valence-electron chi connectivity index (χ1n) is 35.3. The molecule has 0 saturated heterocycles. The summed E-state index contributed by atoms with van der Waals surface area (Å²) >= 11 is 0. The summed E-state index contributed by atoms with van der Waals surface area (Å²) in [6.07, 6.45) is 14.9. The predicted molar refractivity (Wildman–Crippen MR) is 389 cm³/mol. The summed E-state index contributed by atoms with van der Waals surface area (Å²) in [4.78, 5) is 91.5. The second-order valence-corrected chi connectivity index (χ2v) is 27.4. The van der Waals surface area contributed by atoms with Gasteiger partial charge in [-0.15, -0.1) is 0 Å². The number of nitrogens with one attached hydrogen (secondary N) is 4. The molecule has 9 aromatic carbocycles. The van der Waals surface area contributed by atoms with Gasteiger partial charge in [0.05, 0.1) is 22.5 Å². The van der Waals surface area contributed by atoms with Gasteiger partial charge in [-0.25, -0.2) is 19.4 Å². The van der Waals surface area contributed by atoms with E-state index in [9.17, 15) is 9.59 Å². The van der Waals surface area contributed by atoms with E-state index < -0.39 is 23.6 Å². The summed E-state index contributed by atoms with van der Waals surface area (Å²) in [5, 5.41) is 16.5. The van der Waals surface area contributed by atoms with Crippen LogP contribution in [0.4, 0.5) is 21.0 Å². The summed E-state index contributed by atoms with van der Waals surface area (Å²) in [5.74, 6) is -0.421. The van der Waals surface area contributed by atoms with Crippen molar-refractivity contribution in [2.75, 3.05) is 36.0 Å². The lowest BCUT2D eigenvalue weighted by Gasteiger charge is -2.34. The van der Waals surface area contributed by atoms with E-state index in [1.165, 1.54) is 61.2 Å². The van der Waals surface area contributed by atoms with Crippen molar-refractivity contribution in [3.8, 4) is 23.0 Å². The Hall–Kier alpha value is -9.30. The number of anilines is 2. The monoisotopic (exact) mass is 1290 g/mol. The number of hydrogen-bond donors (Lipinski definition) is 4. The van der Waals surface area contributed by atoms with E-state index in [0.29, 0.717) is 128 Å². The van der Waals surface area contributed by atoms with E-state index in [2.05, 4.69) is 90.5 Å². The standard InChI is InChI=1S/C82H94N6O8/c1-11-13-15-17-19-21-43-83-81(93)85-45-41-53-29-33-55(34-30-53)95-67-47-65-69-63(77(89)87(79(65)91)75-57(49(3)4)25-23-26-58(75)50(5)6)40-38-62-72-68(96-56-35-31-54(32-36-56)42-46-86-82(94)84-44-22-20-18-16-14-12-2)48-66-70-64(39-37-61(74(70)72)71(67)73(62)69)78(90)88(80(66)92)76-59(51(7)8)27-24-28-60(76)52(9)10/h23-40,47-52H,11-22,41-46H2,1-10H3,(H2,83,85,93)(H2,84,86,94). The molecule has 9 aromatic rings. The first-order chi connectivity index (χ1) is 46.4. The maximum Gasteiger partial charge on any atom is 0.314 e. The largest absolute Gasteiger partial charge is 0.457 e. The molecule has 0 bridgehead atoms. The Morgan fingerprint density at radius 2 is 0.688 bits per heavy atom. The summed E-state index contributed by atoms with van der Waals surface area (Å²) in [7, 11) is 0. The molecule has 0 saturated carbocycles. The molecule has 500 valence electrons. The molecule has 14 nitrogen and oxygen atoms in total. The smallest absolute Gasteiger partial charge is 0.314 e.